The molecule has 6 nitrogen and oxygen atoms in total. The first-order valence-corrected chi connectivity index (χ1v) is 9.10. The highest BCUT2D eigenvalue weighted by Crippen LogP contribution is 2.26. The van der Waals surface area contributed by atoms with E-state index in [1.165, 1.54) is 32.3 Å². The van der Waals surface area contributed by atoms with Crippen molar-refractivity contribution in [2.45, 2.75) is 30.8 Å². The highest BCUT2D eigenvalue weighted by molar-refractivity contribution is 7.89. The molecule has 1 saturated heterocycles. The Balaban J connectivity index is 2.45. The van der Waals surface area contributed by atoms with E-state index < -0.39 is 10.0 Å². The summed E-state index contributed by atoms with van der Waals surface area (Å²) in [6.45, 7) is 4.68. The number of ether oxygens (including phenoxy) is 1. The number of sulfonamides is 1. The molecule has 128 valence electrons. The Kier molecular flexibility index (Phi) is 5.35. The normalized spacial score (nSPS) is 22.4. The van der Waals surface area contributed by atoms with Crippen molar-refractivity contribution in [3.8, 4) is 0 Å². The Morgan fingerprint density at radius 1 is 1.26 bits per heavy atom. The van der Waals surface area contributed by atoms with Crippen LogP contribution < -0.4 is 0 Å². The fourth-order valence-corrected chi connectivity index (χ4v) is 3.71. The van der Waals surface area contributed by atoms with Gasteiger partial charge in [-0.15, -0.1) is 0 Å². The van der Waals surface area contributed by atoms with E-state index in [9.17, 15) is 13.2 Å². The van der Waals surface area contributed by atoms with Crippen LogP contribution in [-0.4, -0.2) is 62.9 Å². The first-order chi connectivity index (χ1) is 10.7. The van der Waals surface area contributed by atoms with Gasteiger partial charge in [0.25, 0.3) is 5.91 Å². The summed E-state index contributed by atoms with van der Waals surface area (Å²) in [4.78, 5) is 14.6. The van der Waals surface area contributed by atoms with Crippen molar-refractivity contribution in [3.63, 3.8) is 0 Å². The van der Waals surface area contributed by atoms with Crippen LogP contribution in [0.3, 0.4) is 0 Å². The lowest BCUT2D eigenvalue weighted by molar-refractivity contribution is -0.0249. The predicted molar refractivity (Wildman–Crippen MR) is 88.2 cm³/mol. The molecule has 0 radical (unpaired) electrons. The lowest BCUT2D eigenvalue weighted by Gasteiger charge is -2.39. The number of nitrogens with zero attached hydrogens (tertiary/aromatic N) is 2. The third kappa shape index (κ3) is 3.52. The van der Waals surface area contributed by atoms with Crippen LogP contribution in [0.1, 0.15) is 24.2 Å². The molecule has 0 spiro atoms. The zero-order chi connectivity index (χ0) is 17.4. The third-order valence-corrected chi connectivity index (χ3v) is 5.99. The molecule has 1 aliphatic rings. The molecule has 1 fully saturated rings. The Hall–Kier alpha value is -1.15. The minimum absolute atomic E-state index is 0.0452. The van der Waals surface area contributed by atoms with E-state index in [0.717, 1.165) is 4.31 Å². The van der Waals surface area contributed by atoms with Crippen molar-refractivity contribution >= 4 is 27.5 Å². The van der Waals surface area contributed by atoms with Crippen LogP contribution in [0.5, 0.6) is 0 Å². The second-order valence-corrected chi connectivity index (χ2v) is 8.44. The minimum atomic E-state index is -3.63. The molecule has 8 heteroatoms. The lowest BCUT2D eigenvalue weighted by Crippen LogP contribution is -2.52. The van der Waals surface area contributed by atoms with Crippen LogP contribution in [0.2, 0.25) is 5.02 Å². The van der Waals surface area contributed by atoms with E-state index in [1.54, 1.807) is 4.90 Å². The number of halogens is 1. The van der Waals surface area contributed by atoms with Crippen molar-refractivity contribution < 1.29 is 17.9 Å². The maximum Gasteiger partial charge on any atom is 0.256 e. The van der Waals surface area contributed by atoms with Crippen LogP contribution in [-0.2, 0) is 14.8 Å². The Morgan fingerprint density at radius 3 is 2.35 bits per heavy atom. The molecule has 0 saturated carbocycles. The summed E-state index contributed by atoms with van der Waals surface area (Å²) in [5, 5.41) is 0.235. The van der Waals surface area contributed by atoms with E-state index in [1.807, 2.05) is 13.8 Å². The molecule has 0 aliphatic carbocycles. The number of hydrogen-bond donors (Lipinski definition) is 0. The third-order valence-electron chi connectivity index (χ3n) is 3.85. The van der Waals surface area contributed by atoms with Gasteiger partial charge in [-0.2, -0.15) is 0 Å². The summed E-state index contributed by atoms with van der Waals surface area (Å²) in [7, 11) is -0.744. The topological polar surface area (TPSA) is 66.9 Å². The minimum Gasteiger partial charge on any atom is -0.377 e. The van der Waals surface area contributed by atoms with Crippen molar-refractivity contribution in [3.05, 3.63) is 28.8 Å². The van der Waals surface area contributed by atoms with Gasteiger partial charge >= 0.3 is 0 Å². The molecule has 23 heavy (non-hydrogen) atoms. The molecule has 1 heterocycles. The zero-order valence-corrected chi connectivity index (χ0v) is 15.2. The fraction of sp³-hybridized carbons (Fsp3) is 0.533. The van der Waals surface area contributed by atoms with Crippen LogP contribution in [0, 0.1) is 0 Å². The maximum atomic E-state index is 12.9. The van der Waals surface area contributed by atoms with Crippen molar-refractivity contribution in [1.29, 1.82) is 0 Å². The van der Waals surface area contributed by atoms with Crippen LogP contribution in [0.25, 0.3) is 0 Å². The summed E-state index contributed by atoms with van der Waals surface area (Å²) >= 11 is 6.15. The monoisotopic (exact) mass is 360 g/mol. The number of benzene rings is 1. The number of hydrogen-bond acceptors (Lipinski definition) is 4. The number of morpholine rings is 1. The quantitative estimate of drug-likeness (QED) is 0.824. The SMILES string of the molecule is CC1COCC(C)N1C(=O)c1cc(S(=O)(=O)N(C)C)ccc1Cl. The van der Waals surface area contributed by atoms with Gasteiger partial charge in [-0.3, -0.25) is 4.79 Å². The van der Waals surface area contributed by atoms with Gasteiger partial charge in [-0.1, -0.05) is 11.6 Å². The highest BCUT2D eigenvalue weighted by Gasteiger charge is 2.32. The molecule has 0 N–H and O–H groups in total. The Labute approximate surface area is 142 Å². The average Bonchev–Trinajstić information content (AvgIpc) is 2.46. The molecule has 1 aromatic rings. The van der Waals surface area contributed by atoms with E-state index in [4.69, 9.17) is 16.3 Å². The van der Waals surface area contributed by atoms with Gasteiger partial charge in [0.05, 0.1) is 40.8 Å². The van der Waals surface area contributed by atoms with E-state index in [-0.39, 0.29) is 33.5 Å². The summed E-state index contributed by atoms with van der Waals surface area (Å²) in [6, 6.07) is 3.99. The number of amides is 1. The molecule has 2 unspecified atom stereocenters. The summed E-state index contributed by atoms with van der Waals surface area (Å²) < 4.78 is 31.0. The van der Waals surface area contributed by atoms with Crippen molar-refractivity contribution in [1.82, 2.24) is 9.21 Å². The van der Waals surface area contributed by atoms with Crippen molar-refractivity contribution in [2.75, 3.05) is 27.3 Å². The van der Waals surface area contributed by atoms with Gasteiger partial charge < -0.3 is 9.64 Å². The molecule has 0 aromatic heterocycles. The van der Waals surface area contributed by atoms with Crippen LogP contribution in [0.15, 0.2) is 23.1 Å². The van der Waals surface area contributed by atoms with Gasteiger partial charge in [0.2, 0.25) is 10.0 Å². The standard InChI is InChI=1S/C15H21ClN2O4S/c1-10-8-22-9-11(2)18(10)15(19)13-7-12(5-6-14(13)16)23(20,21)17(3)4/h5-7,10-11H,8-9H2,1-4H3. The van der Waals surface area contributed by atoms with Gasteiger partial charge in [0, 0.05) is 14.1 Å². The molecule has 0 bridgehead atoms. The van der Waals surface area contributed by atoms with Gasteiger partial charge in [-0.05, 0) is 32.0 Å². The lowest BCUT2D eigenvalue weighted by atomic mass is 10.1. The molecule has 1 aromatic carbocycles. The summed E-state index contributed by atoms with van der Waals surface area (Å²) in [6.07, 6.45) is 0. The molecule has 2 rings (SSSR count). The van der Waals surface area contributed by atoms with Gasteiger partial charge in [0.15, 0.2) is 0 Å². The van der Waals surface area contributed by atoms with Gasteiger partial charge in [-0.25, -0.2) is 12.7 Å². The fourth-order valence-electron chi connectivity index (χ4n) is 2.58. The number of carbonyl (C=O) groups is 1. The van der Waals surface area contributed by atoms with E-state index in [0.29, 0.717) is 13.2 Å². The van der Waals surface area contributed by atoms with E-state index in [2.05, 4.69) is 0 Å². The largest absolute Gasteiger partial charge is 0.377 e. The van der Waals surface area contributed by atoms with Gasteiger partial charge in [0.1, 0.15) is 0 Å². The summed E-state index contributed by atoms with van der Waals surface area (Å²) in [5.41, 5.74) is 0.190. The number of rotatable bonds is 3. The number of carbonyl (C=O) groups excluding carboxylic acids is 1. The second kappa shape index (κ2) is 6.76. The molecular formula is C15H21ClN2O4S. The van der Waals surface area contributed by atoms with Crippen LogP contribution >= 0.6 is 11.6 Å². The Morgan fingerprint density at radius 2 is 1.83 bits per heavy atom. The van der Waals surface area contributed by atoms with Crippen molar-refractivity contribution in [2.24, 2.45) is 0 Å². The smallest absolute Gasteiger partial charge is 0.256 e. The highest BCUT2D eigenvalue weighted by atomic mass is 35.5. The molecule has 1 amide bonds. The van der Waals surface area contributed by atoms with E-state index >= 15 is 0 Å². The first-order valence-electron chi connectivity index (χ1n) is 7.28. The molecule has 1 aliphatic heterocycles. The Bertz CT molecular complexity index is 695. The average molecular weight is 361 g/mol. The molecular weight excluding hydrogens is 340 g/mol. The zero-order valence-electron chi connectivity index (χ0n) is 13.6. The summed E-state index contributed by atoms with van der Waals surface area (Å²) in [5.74, 6) is -0.283. The molecule has 2 atom stereocenters. The first kappa shape index (κ1) is 18.2. The second-order valence-electron chi connectivity index (χ2n) is 5.88. The predicted octanol–water partition coefficient (Wildman–Crippen LogP) is 1.84. The maximum absolute atomic E-state index is 12.9. The van der Waals surface area contributed by atoms with Crippen LogP contribution in [0.4, 0.5) is 0 Å².